The van der Waals surface area contributed by atoms with Gasteiger partial charge in [-0.3, -0.25) is 4.79 Å². The molecule has 1 aromatic rings. The van der Waals surface area contributed by atoms with Crippen molar-refractivity contribution in [3.8, 4) is 0 Å². The molecule has 1 aliphatic heterocycles. The molecule has 0 saturated carbocycles. The molecule has 2 N–H and O–H groups in total. The Hall–Kier alpha value is -1.66. The minimum absolute atomic E-state index is 0.0499. The molecule has 0 aromatic carbocycles. The highest BCUT2D eigenvalue weighted by atomic mass is 16.5. The Morgan fingerprint density at radius 2 is 2.24 bits per heavy atom. The number of aliphatic hydroxyl groups excluding tert-OH is 1. The molecule has 1 saturated heterocycles. The van der Waals surface area contributed by atoms with Gasteiger partial charge in [0.2, 0.25) is 5.91 Å². The zero-order chi connectivity index (χ0) is 15.4. The van der Waals surface area contributed by atoms with E-state index < -0.39 is 6.10 Å². The van der Waals surface area contributed by atoms with E-state index in [2.05, 4.69) is 10.3 Å². The lowest BCUT2D eigenvalue weighted by Gasteiger charge is -2.35. The van der Waals surface area contributed by atoms with Crippen molar-refractivity contribution >= 4 is 11.7 Å². The van der Waals surface area contributed by atoms with Crippen molar-refractivity contribution in [3.05, 3.63) is 23.9 Å². The first-order valence-corrected chi connectivity index (χ1v) is 7.28. The van der Waals surface area contributed by atoms with Crippen LogP contribution in [0.1, 0.15) is 32.4 Å². The van der Waals surface area contributed by atoms with Gasteiger partial charge in [-0.05, 0) is 32.4 Å². The molecule has 6 nitrogen and oxygen atoms in total. The fraction of sp³-hybridized carbons (Fsp3) is 0.600. The number of amides is 1. The van der Waals surface area contributed by atoms with E-state index in [1.807, 2.05) is 30.9 Å². The van der Waals surface area contributed by atoms with Crippen molar-refractivity contribution in [1.29, 1.82) is 0 Å². The second-order valence-corrected chi connectivity index (χ2v) is 5.57. The zero-order valence-electron chi connectivity index (χ0n) is 12.7. The molecule has 1 aliphatic rings. The van der Waals surface area contributed by atoms with Crippen molar-refractivity contribution in [2.45, 2.75) is 39.0 Å². The van der Waals surface area contributed by atoms with E-state index in [9.17, 15) is 9.90 Å². The van der Waals surface area contributed by atoms with E-state index in [0.717, 1.165) is 11.4 Å². The van der Waals surface area contributed by atoms with Gasteiger partial charge in [0.15, 0.2) is 0 Å². The zero-order valence-corrected chi connectivity index (χ0v) is 12.7. The molecule has 0 radical (unpaired) electrons. The van der Waals surface area contributed by atoms with Gasteiger partial charge in [0.1, 0.15) is 11.9 Å². The number of carbonyl (C=O) groups excluding carboxylic acids is 1. The van der Waals surface area contributed by atoms with Gasteiger partial charge in [0.25, 0.3) is 0 Å². The van der Waals surface area contributed by atoms with E-state index in [-0.39, 0.29) is 18.0 Å². The van der Waals surface area contributed by atoms with Crippen LogP contribution in [0.5, 0.6) is 0 Å². The van der Waals surface area contributed by atoms with E-state index in [0.29, 0.717) is 19.8 Å². The number of aromatic nitrogens is 1. The van der Waals surface area contributed by atoms with Crippen LogP contribution in [0.15, 0.2) is 18.3 Å². The first-order chi connectivity index (χ1) is 9.99. The third-order valence-electron chi connectivity index (χ3n) is 3.41. The lowest BCUT2D eigenvalue weighted by atomic mass is 10.1. The van der Waals surface area contributed by atoms with Gasteiger partial charge >= 0.3 is 0 Å². The Labute approximate surface area is 125 Å². The van der Waals surface area contributed by atoms with Gasteiger partial charge in [-0.25, -0.2) is 4.98 Å². The molecule has 2 atom stereocenters. The molecule has 1 amide bonds. The maximum absolute atomic E-state index is 12.3. The summed E-state index contributed by atoms with van der Waals surface area (Å²) in [6, 6.07) is 3.39. The van der Waals surface area contributed by atoms with Crippen LogP contribution >= 0.6 is 0 Å². The van der Waals surface area contributed by atoms with Crippen LogP contribution in [0.3, 0.4) is 0 Å². The van der Waals surface area contributed by atoms with Crippen LogP contribution < -0.4 is 10.2 Å². The first-order valence-electron chi connectivity index (χ1n) is 7.28. The van der Waals surface area contributed by atoms with E-state index >= 15 is 0 Å². The first kappa shape index (κ1) is 15.7. The Morgan fingerprint density at radius 1 is 1.48 bits per heavy atom. The van der Waals surface area contributed by atoms with Gasteiger partial charge in [-0.15, -0.1) is 0 Å². The normalized spacial score (nSPS) is 20.4. The molecule has 0 aliphatic carbocycles. The van der Waals surface area contributed by atoms with Crippen LogP contribution in [0, 0.1) is 0 Å². The van der Waals surface area contributed by atoms with Gasteiger partial charge < -0.3 is 20.1 Å². The summed E-state index contributed by atoms with van der Waals surface area (Å²) in [7, 11) is 0. The third kappa shape index (κ3) is 3.92. The third-order valence-corrected chi connectivity index (χ3v) is 3.41. The summed E-state index contributed by atoms with van der Waals surface area (Å²) in [6.07, 6.45) is 1.10. The second-order valence-electron chi connectivity index (χ2n) is 5.57. The van der Waals surface area contributed by atoms with E-state index in [1.165, 1.54) is 0 Å². The Morgan fingerprint density at radius 3 is 2.81 bits per heavy atom. The van der Waals surface area contributed by atoms with E-state index in [1.54, 1.807) is 13.1 Å². The van der Waals surface area contributed by atoms with Crippen LogP contribution in [0.2, 0.25) is 0 Å². The Bertz CT molecular complexity index is 474. The van der Waals surface area contributed by atoms with E-state index in [4.69, 9.17) is 4.74 Å². The molecule has 6 heteroatoms. The van der Waals surface area contributed by atoms with Crippen molar-refractivity contribution in [2.24, 2.45) is 0 Å². The lowest BCUT2D eigenvalue weighted by molar-refractivity contribution is -0.125. The van der Waals surface area contributed by atoms with Crippen molar-refractivity contribution in [1.82, 2.24) is 10.3 Å². The predicted octanol–water partition coefficient (Wildman–Crippen LogP) is 0.865. The summed E-state index contributed by atoms with van der Waals surface area (Å²) in [4.78, 5) is 18.6. The number of aliphatic hydroxyl groups is 1. The fourth-order valence-electron chi connectivity index (χ4n) is 2.29. The highest BCUT2D eigenvalue weighted by Gasteiger charge is 2.30. The van der Waals surface area contributed by atoms with Crippen LogP contribution in [-0.2, 0) is 9.53 Å². The molecule has 0 bridgehead atoms. The lowest BCUT2D eigenvalue weighted by Crippen LogP contribution is -2.55. The van der Waals surface area contributed by atoms with Crippen LogP contribution in [0.4, 0.5) is 5.82 Å². The summed E-state index contributed by atoms with van der Waals surface area (Å²) >= 11 is 0. The number of hydrogen-bond donors (Lipinski definition) is 2. The van der Waals surface area contributed by atoms with Gasteiger partial charge in [-0.2, -0.15) is 0 Å². The van der Waals surface area contributed by atoms with Crippen molar-refractivity contribution < 1.29 is 14.6 Å². The maximum Gasteiger partial charge on any atom is 0.245 e. The number of pyridine rings is 1. The highest BCUT2D eigenvalue weighted by molar-refractivity contribution is 5.85. The number of nitrogens with zero attached hydrogens (tertiary/aromatic N) is 2. The summed E-state index contributed by atoms with van der Waals surface area (Å²) in [6.45, 7) is 7.12. The molecule has 0 spiro atoms. The number of ether oxygens (including phenoxy) is 1. The number of hydrogen-bond acceptors (Lipinski definition) is 5. The molecule has 116 valence electrons. The number of carbonyl (C=O) groups is 1. The Balaban J connectivity index is 2.16. The molecular formula is C15H23N3O3. The summed E-state index contributed by atoms with van der Waals surface area (Å²) in [5.74, 6) is 0.678. The largest absolute Gasteiger partial charge is 0.389 e. The maximum atomic E-state index is 12.3. The predicted molar refractivity (Wildman–Crippen MR) is 80.1 cm³/mol. The molecule has 1 unspecified atom stereocenters. The highest BCUT2D eigenvalue weighted by Crippen LogP contribution is 2.20. The quantitative estimate of drug-likeness (QED) is 0.861. The number of nitrogens with one attached hydrogen (secondary N) is 1. The monoisotopic (exact) mass is 293 g/mol. The van der Waals surface area contributed by atoms with Crippen LogP contribution in [0.25, 0.3) is 0 Å². The van der Waals surface area contributed by atoms with Crippen molar-refractivity contribution in [3.63, 3.8) is 0 Å². The molecule has 21 heavy (non-hydrogen) atoms. The minimum atomic E-state index is -0.545. The van der Waals surface area contributed by atoms with Gasteiger partial charge in [0.05, 0.1) is 19.3 Å². The number of morpholine rings is 1. The second kappa shape index (κ2) is 6.87. The van der Waals surface area contributed by atoms with Crippen LogP contribution in [-0.4, -0.2) is 47.8 Å². The standard InChI is InChI=1S/C15H23N3O3/c1-10(2)17-15(20)13-9-21-7-6-18(13)14-5-4-12(8-16-14)11(3)19/h4-5,8,10-11,13,19H,6-7,9H2,1-3H3,(H,17,20)/t11-,13?/m0/s1. The fourth-order valence-corrected chi connectivity index (χ4v) is 2.29. The Kier molecular flexibility index (Phi) is 5.14. The molecule has 2 heterocycles. The SMILES string of the molecule is CC(C)NC(=O)C1COCCN1c1ccc([C@H](C)O)cn1. The average molecular weight is 293 g/mol. The minimum Gasteiger partial charge on any atom is -0.389 e. The molecule has 2 rings (SSSR count). The summed E-state index contributed by atoms with van der Waals surface area (Å²) in [5, 5.41) is 12.4. The molecular weight excluding hydrogens is 270 g/mol. The van der Waals surface area contributed by atoms with Gasteiger partial charge in [0, 0.05) is 18.8 Å². The number of rotatable bonds is 4. The number of anilines is 1. The van der Waals surface area contributed by atoms with Gasteiger partial charge in [-0.1, -0.05) is 6.07 Å². The molecule has 1 fully saturated rings. The topological polar surface area (TPSA) is 74.7 Å². The molecule has 1 aromatic heterocycles. The smallest absolute Gasteiger partial charge is 0.245 e. The average Bonchev–Trinajstić information content (AvgIpc) is 2.46. The summed E-state index contributed by atoms with van der Waals surface area (Å²) in [5.41, 5.74) is 0.759. The van der Waals surface area contributed by atoms with Crippen molar-refractivity contribution in [2.75, 3.05) is 24.7 Å². The summed E-state index contributed by atoms with van der Waals surface area (Å²) < 4.78 is 5.43.